The van der Waals surface area contributed by atoms with Gasteiger partial charge in [-0.1, -0.05) is 0 Å². The van der Waals surface area contributed by atoms with Gasteiger partial charge in [0, 0.05) is 0 Å². The van der Waals surface area contributed by atoms with Crippen molar-refractivity contribution in [3.63, 3.8) is 0 Å². The standard InChI is InChI=1S/6H6N3OP.6H3O4P/c12*1-5(2,3)4/h6*(H6,1,2,3,4);6*(H3,1,2,3,4). The highest BCUT2D eigenvalue weighted by Crippen LogP contribution is 2.28. The minimum atomic E-state index is -4.64. The van der Waals surface area contributed by atoms with Crippen LogP contribution in [0.25, 0.3) is 0 Å². The molecule has 0 saturated heterocycles. The molecule has 384 valence electrons. The SMILES string of the molecule is NP(N)(N)=O.NP(N)(N)=O.NP(N)(N)=O.NP(N)(N)=O.NP(N)(N)=O.NP(N)(N)=O.O=P(O)(O)O.O=P(O)(O)O.O=P(O)(O)O.O=P(O)(O)O.O=P(O)(O)O.O=P(O)(O)O. The molecule has 0 spiro atoms. The van der Waals surface area contributed by atoms with Gasteiger partial charge in [-0.25, -0.2) is 27.4 Å². The normalized spacial score (nSPS) is 11.8. The third-order valence-electron chi connectivity index (χ3n) is 0. The van der Waals surface area contributed by atoms with Crippen LogP contribution < -0.4 is 99.1 Å². The Balaban J connectivity index is -0.0000000419. The van der Waals surface area contributed by atoms with E-state index in [9.17, 15) is 27.4 Å². The third kappa shape index (κ3) is 116000. The van der Waals surface area contributed by atoms with Crippen LogP contribution >= 0.6 is 92.5 Å². The fourth-order valence-electron chi connectivity index (χ4n) is 0. The largest absolute Gasteiger partial charge is 0.466 e. The Hall–Kier alpha value is 1.32. The van der Waals surface area contributed by atoms with Crippen LogP contribution in [0, 0.1) is 0 Å². The summed E-state index contributed by atoms with van der Waals surface area (Å²) in [7, 11) is -46.7. The van der Waals surface area contributed by atoms with Gasteiger partial charge in [0.1, 0.15) is 0 Å². The van der Waals surface area contributed by atoms with Crippen molar-refractivity contribution in [1.82, 2.24) is 0 Å². The molecule has 0 aliphatic carbocycles. The molecule has 0 fully saturated rings. The maximum Gasteiger partial charge on any atom is 0.466 e. The Morgan fingerprint density at radius 3 is 0.150 bits per heavy atom. The molecular formula is H54N18O30P12. The van der Waals surface area contributed by atoms with Gasteiger partial charge in [0.15, 0.2) is 0 Å². The number of phosphoric acid groups is 6. The molecule has 0 rings (SSSR count). The van der Waals surface area contributed by atoms with Gasteiger partial charge in [-0.3, -0.25) is 126 Å². The molecule has 54 N–H and O–H groups in total. The first-order valence-electron chi connectivity index (χ1n) is 10.4. The van der Waals surface area contributed by atoms with Gasteiger partial charge in [-0.05, 0) is 0 Å². The Kier molecular flexibility index (Phi) is 60.4. The number of hydrogen-bond donors (Lipinski definition) is 36. The molecule has 48 nitrogen and oxygen atoms in total. The van der Waals surface area contributed by atoms with Crippen molar-refractivity contribution in [2.24, 2.45) is 99.1 Å². The van der Waals surface area contributed by atoms with Crippen LogP contribution in [0.4, 0.5) is 0 Å². The highest BCUT2D eigenvalue weighted by atomic mass is 31.2. The zero-order valence-electron chi connectivity index (χ0n) is 28.7. The minimum absolute atomic E-state index is 3.14. The van der Waals surface area contributed by atoms with Crippen molar-refractivity contribution in [2.45, 2.75) is 0 Å². The van der Waals surface area contributed by atoms with Crippen molar-refractivity contribution in [3.8, 4) is 0 Å². The van der Waals surface area contributed by atoms with E-state index in [1.807, 2.05) is 0 Å². The lowest BCUT2D eigenvalue weighted by Gasteiger charge is -1.88. The van der Waals surface area contributed by atoms with Crippen molar-refractivity contribution in [1.29, 1.82) is 0 Å². The van der Waals surface area contributed by atoms with E-state index in [1.54, 1.807) is 0 Å². The van der Waals surface area contributed by atoms with Crippen LogP contribution in [0.1, 0.15) is 0 Å². The smallest absolute Gasteiger partial charge is 0.303 e. The Bertz CT molecular complexity index is 1070. The van der Waals surface area contributed by atoms with E-state index >= 15 is 0 Å². The Labute approximate surface area is 334 Å². The molecule has 0 atom stereocenters. The second-order valence-electron chi connectivity index (χ2n) is 7.66. The zero-order valence-corrected chi connectivity index (χ0v) is 39.4. The van der Waals surface area contributed by atoms with Crippen molar-refractivity contribution >= 4 is 92.5 Å². The summed E-state index contributed by atoms with van der Waals surface area (Å²) < 4.78 is 111. The van der Waals surface area contributed by atoms with E-state index in [-0.39, 0.29) is 0 Å². The quantitative estimate of drug-likeness (QED) is 0.100. The molecule has 0 aromatic carbocycles. The summed E-state index contributed by atoms with van der Waals surface area (Å²) in [6, 6.07) is 0. The van der Waals surface area contributed by atoms with E-state index in [4.69, 9.17) is 115 Å². The van der Waals surface area contributed by atoms with E-state index in [0.29, 0.717) is 0 Å². The van der Waals surface area contributed by atoms with Crippen LogP contribution in [0.2, 0.25) is 0 Å². The summed E-state index contributed by atoms with van der Waals surface area (Å²) in [6.07, 6.45) is 0. The first kappa shape index (κ1) is 91.7. The molecule has 60 heavy (non-hydrogen) atoms. The first-order chi connectivity index (χ1) is 24.0. The van der Waals surface area contributed by atoms with E-state index in [2.05, 4.69) is 99.1 Å². The second kappa shape index (κ2) is 39.5. The summed E-state index contributed by atoms with van der Waals surface area (Å²) in [5.74, 6) is 0. The van der Waals surface area contributed by atoms with Gasteiger partial charge in [0.25, 0.3) is 45.6 Å². The highest BCUT2D eigenvalue weighted by Gasteiger charge is 2.02. The maximum atomic E-state index is 9.55. The highest BCUT2D eigenvalue weighted by molar-refractivity contribution is 7.57. The van der Waals surface area contributed by atoms with Crippen LogP contribution in [-0.2, 0) is 54.8 Å². The molecule has 0 heterocycles. The molecule has 0 amide bonds. The average molecular weight is 1160 g/mol. The third-order valence-corrected chi connectivity index (χ3v) is 0. The lowest BCUT2D eigenvalue weighted by atomic mass is 13.8. The van der Waals surface area contributed by atoms with Gasteiger partial charge < -0.3 is 88.1 Å². The van der Waals surface area contributed by atoms with Crippen LogP contribution in [-0.4, -0.2) is 88.1 Å². The van der Waals surface area contributed by atoms with E-state index in [0.717, 1.165) is 0 Å². The second-order valence-corrected chi connectivity index (χ2v) is 23.0. The molecule has 0 radical (unpaired) electrons. The van der Waals surface area contributed by atoms with Gasteiger partial charge in [-0.15, -0.1) is 0 Å². The molecule has 60 heteroatoms. The number of hydrogen-bond acceptors (Lipinski definition) is 12. The predicted octanol–water partition coefficient (Wildman–Crippen LogP) is -11.7. The summed E-state index contributed by atoms with van der Waals surface area (Å²) in [5.41, 5.74) is 80.4. The van der Waals surface area contributed by atoms with Crippen LogP contribution in [0.3, 0.4) is 0 Å². The van der Waals surface area contributed by atoms with Crippen LogP contribution in [0.5, 0.6) is 0 Å². The summed E-state index contributed by atoms with van der Waals surface area (Å²) >= 11 is 0. The fraction of sp³-hybridized carbons (Fsp3) is 0. The van der Waals surface area contributed by atoms with E-state index in [1.165, 1.54) is 0 Å². The average Bonchev–Trinajstić information content (AvgIpc) is 2.48. The molecule has 0 bridgehead atoms. The van der Waals surface area contributed by atoms with Crippen LogP contribution in [0.15, 0.2) is 0 Å². The molecule has 0 aromatic rings. The predicted molar refractivity (Wildman–Crippen MR) is 207 cm³/mol. The van der Waals surface area contributed by atoms with Crippen molar-refractivity contribution in [2.75, 3.05) is 0 Å². The summed E-state index contributed by atoms with van der Waals surface area (Å²) in [4.78, 5) is 129. The molecule has 0 saturated carbocycles. The van der Waals surface area contributed by atoms with Crippen molar-refractivity contribution in [3.05, 3.63) is 0 Å². The Morgan fingerprint density at radius 2 is 0.150 bits per heavy atom. The van der Waals surface area contributed by atoms with Gasteiger partial charge >= 0.3 is 46.9 Å². The van der Waals surface area contributed by atoms with E-state index < -0.39 is 92.5 Å². The molecule has 0 unspecified atom stereocenters. The fourth-order valence-corrected chi connectivity index (χ4v) is 0. The van der Waals surface area contributed by atoms with Gasteiger partial charge in [0.2, 0.25) is 0 Å². The molecule has 0 aliphatic heterocycles. The number of rotatable bonds is 0. The minimum Gasteiger partial charge on any atom is -0.303 e. The zero-order chi connectivity index (χ0) is 54.0. The molecular weight excluding hydrogens is 1100 g/mol. The topological polar surface area (TPSA) is 1040 Å². The van der Waals surface area contributed by atoms with Gasteiger partial charge in [0.05, 0.1) is 0 Å². The van der Waals surface area contributed by atoms with Gasteiger partial charge in [-0.2, -0.15) is 0 Å². The number of nitrogens with two attached hydrogens (primary N) is 18. The lowest BCUT2D eigenvalue weighted by Crippen LogP contribution is -2.12. The summed E-state index contributed by atoms with van der Waals surface area (Å²) in [6.45, 7) is 0. The monoisotopic (exact) mass is 1160 g/mol. The Morgan fingerprint density at radius 1 is 0.150 bits per heavy atom. The summed E-state index contributed by atoms with van der Waals surface area (Å²) in [5, 5.41) is 0. The molecule has 0 aromatic heterocycles. The molecule has 0 aliphatic rings. The first-order valence-corrected chi connectivity index (χ1v) is 31.3. The maximum absolute atomic E-state index is 9.55. The van der Waals surface area contributed by atoms with Crippen molar-refractivity contribution < 1.29 is 143 Å². The lowest BCUT2D eigenvalue weighted by molar-refractivity contribution is 0.272.